The Morgan fingerprint density at radius 1 is 1.08 bits per heavy atom. The lowest BCUT2D eigenvalue weighted by atomic mass is 10.1. The summed E-state index contributed by atoms with van der Waals surface area (Å²) in [4.78, 5) is 0. The summed E-state index contributed by atoms with van der Waals surface area (Å²) in [6.45, 7) is 0.310. The summed E-state index contributed by atoms with van der Waals surface area (Å²) in [6.07, 6.45) is 0. The topological polar surface area (TPSA) is 39.7 Å². The zero-order valence-electron chi connectivity index (χ0n) is 13.7. The van der Waals surface area contributed by atoms with Crippen LogP contribution in [0.15, 0.2) is 42.5 Å². The molecule has 2 rings (SSSR count). The molecular formula is C18H21F2NO3. The molecule has 0 amide bonds. The van der Waals surface area contributed by atoms with Gasteiger partial charge in [0.1, 0.15) is 0 Å². The molecule has 6 heteroatoms. The number of benzene rings is 2. The van der Waals surface area contributed by atoms with E-state index in [1.165, 1.54) is 6.07 Å². The van der Waals surface area contributed by atoms with Gasteiger partial charge in [-0.3, -0.25) is 0 Å². The summed E-state index contributed by atoms with van der Waals surface area (Å²) in [7, 11) is 1.65. The lowest BCUT2D eigenvalue weighted by molar-refractivity contribution is -0.0514. The van der Waals surface area contributed by atoms with Gasteiger partial charge in [-0.15, -0.1) is 0 Å². The largest absolute Gasteiger partial charge is 0.490 e. The summed E-state index contributed by atoms with van der Waals surface area (Å²) in [5.74, 6) is 0.345. The maximum absolute atomic E-state index is 12.4. The molecule has 24 heavy (non-hydrogen) atoms. The molecule has 0 bridgehead atoms. The van der Waals surface area contributed by atoms with Crippen molar-refractivity contribution in [1.82, 2.24) is 0 Å². The Balaban J connectivity index is 2.11. The third-order valence-corrected chi connectivity index (χ3v) is 3.32. The number of anilines is 1. The molecule has 0 spiro atoms. The first-order valence-electron chi connectivity index (χ1n) is 7.65. The second-order valence-electron chi connectivity index (χ2n) is 5.04. The minimum absolute atomic E-state index is 0.0374. The third kappa shape index (κ3) is 5.09. The van der Waals surface area contributed by atoms with E-state index in [2.05, 4.69) is 10.1 Å². The lowest BCUT2D eigenvalue weighted by Crippen LogP contribution is -2.06. The van der Waals surface area contributed by atoms with Gasteiger partial charge in [0.2, 0.25) is 0 Å². The van der Waals surface area contributed by atoms with E-state index in [1.54, 1.807) is 26.2 Å². The van der Waals surface area contributed by atoms with E-state index in [9.17, 15) is 8.78 Å². The molecule has 0 saturated carbocycles. The molecule has 0 aliphatic heterocycles. The van der Waals surface area contributed by atoms with Crippen molar-refractivity contribution in [2.45, 2.75) is 26.7 Å². The van der Waals surface area contributed by atoms with E-state index in [-0.39, 0.29) is 5.75 Å². The summed E-state index contributed by atoms with van der Waals surface area (Å²) in [5.41, 5.74) is 2.90. The molecule has 2 aromatic rings. The summed E-state index contributed by atoms with van der Waals surface area (Å²) >= 11 is 0. The molecule has 130 valence electrons. The predicted octanol–water partition coefficient (Wildman–Crippen LogP) is 4.45. The highest BCUT2D eigenvalue weighted by Gasteiger charge is 2.11. The number of alkyl halides is 2. The van der Waals surface area contributed by atoms with E-state index >= 15 is 0 Å². The Hall–Kier alpha value is -2.34. The fourth-order valence-electron chi connectivity index (χ4n) is 2.30. The molecule has 0 fully saturated rings. The number of halogens is 2. The normalized spacial score (nSPS) is 10.7. The molecule has 2 aromatic carbocycles. The average molecular weight is 337 g/mol. The van der Waals surface area contributed by atoms with Gasteiger partial charge in [-0.25, -0.2) is 0 Å². The van der Waals surface area contributed by atoms with Crippen molar-refractivity contribution in [3.05, 3.63) is 53.6 Å². The smallest absolute Gasteiger partial charge is 0.387 e. The fourth-order valence-corrected chi connectivity index (χ4v) is 2.30. The zero-order valence-corrected chi connectivity index (χ0v) is 13.7. The van der Waals surface area contributed by atoms with Crippen LogP contribution in [0, 0.1) is 0 Å². The number of rotatable bonds is 9. The second-order valence-corrected chi connectivity index (χ2v) is 5.04. The SMILES string of the molecule is CCOc1cc(CNc2ccccc2COC)ccc1OC(F)F. The van der Waals surface area contributed by atoms with Gasteiger partial charge in [-0.1, -0.05) is 24.3 Å². The first-order valence-corrected chi connectivity index (χ1v) is 7.65. The number of ether oxygens (including phenoxy) is 3. The van der Waals surface area contributed by atoms with Crippen LogP contribution in [-0.4, -0.2) is 20.3 Å². The summed E-state index contributed by atoms with van der Waals surface area (Å²) in [6, 6.07) is 12.8. The molecule has 0 aliphatic carbocycles. The first kappa shape index (κ1) is 18.0. The van der Waals surface area contributed by atoms with Gasteiger partial charge >= 0.3 is 6.61 Å². The molecule has 4 nitrogen and oxygen atoms in total. The zero-order chi connectivity index (χ0) is 17.4. The number of nitrogens with one attached hydrogen (secondary N) is 1. The highest BCUT2D eigenvalue weighted by molar-refractivity contribution is 5.52. The molecule has 0 atom stereocenters. The fraction of sp³-hybridized carbons (Fsp3) is 0.333. The van der Waals surface area contributed by atoms with Crippen LogP contribution in [0.4, 0.5) is 14.5 Å². The van der Waals surface area contributed by atoms with Crippen LogP contribution in [0.5, 0.6) is 11.5 Å². The van der Waals surface area contributed by atoms with E-state index in [1.807, 2.05) is 24.3 Å². The highest BCUT2D eigenvalue weighted by atomic mass is 19.3. The van der Waals surface area contributed by atoms with Gasteiger partial charge in [0.15, 0.2) is 11.5 Å². The van der Waals surface area contributed by atoms with Gasteiger partial charge in [-0.2, -0.15) is 8.78 Å². The van der Waals surface area contributed by atoms with Gasteiger partial charge < -0.3 is 19.5 Å². The van der Waals surface area contributed by atoms with Gasteiger partial charge in [0.05, 0.1) is 13.2 Å². The molecular weight excluding hydrogens is 316 g/mol. The van der Waals surface area contributed by atoms with Crippen molar-refractivity contribution in [2.24, 2.45) is 0 Å². The Kier molecular flexibility index (Phi) is 6.81. The highest BCUT2D eigenvalue weighted by Crippen LogP contribution is 2.30. The molecule has 0 heterocycles. The van der Waals surface area contributed by atoms with Gasteiger partial charge in [-0.05, 0) is 30.7 Å². The maximum atomic E-state index is 12.4. The Morgan fingerprint density at radius 2 is 1.88 bits per heavy atom. The Labute approximate surface area is 140 Å². The van der Waals surface area contributed by atoms with Crippen LogP contribution < -0.4 is 14.8 Å². The number of para-hydroxylation sites is 1. The van der Waals surface area contributed by atoms with Crippen molar-refractivity contribution >= 4 is 5.69 Å². The first-order chi connectivity index (χ1) is 11.6. The maximum Gasteiger partial charge on any atom is 0.387 e. The number of hydrogen-bond donors (Lipinski definition) is 1. The van der Waals surface area contributed by atoms with Crippen molar-refractivity contribution in [1.29, 1.82) is 0 Å². The Bertz CT molecular complexity index is 650. The lowest BCUT2D eigenvalue weighted by Gasteiger charge is -2.14. The van der Waals surface area contributed by atoms with E-state index < -0.39 is 6.61 Å². The van der Waals surface area contributed by atoms with E-state index in [4.69, 9.17) is 9.47 Å². The quantitative estimate of drug-likeness (QED) is 0.734. The number of methoxy groups -OCH3 is 1. The average Bonchev–Trinajstić information content (AvgIpc) is 2.56. The third-order valence-electron chi connectivity index (χ3n) is 3.32. The van der Waals surface area contributed by atoms with Crippen LogP contribution in [0.25, 0.3) is 0 Å². The van der Waals surface area contributed by atoms with Crippen molar-refractivity contribution < 1.29 is 23.0 Å². The molecule has 0 radical (unpaired) electrons. The van der Waals surface area contributed by atoms with Crippen LogP contribution in [0.1, 0.15) is 18.1 Å². The minimum Gasteiger partial charge on any atom is -0.490 e. The molecule has 0 aromatic heterocycles. The van der Waals surface area contributed by atoms with Crippen molar-refractivity contribution in [3.63, 3.8) is 0 Å². The molecule has 1 N–H and O–H groups in total. The van der Waals surface area contributed by atoms with Crippen LogP contribution >= 0.6 is 0 Å². The van der Waals surface area contributed by atoms with Crippen molar-refractivity contribution in [2.75, 3.05) is 19.0 Å². The van der Waals surface area contributed by atoms with Crippen LogP contribution in [-0.2, 0) is 17.9 Å². The summed E-state index contributed by atoms with van der Waals surface area (Å²) < 4.78 is 39.9. The van der Waals surface area contributed by atoms with Gasteiger partial charge in [0, 0.05) is 24.9 Å². The molecule has 0 aliphatic rings. The monoisotopic (exact) mass is 337 g/mol. The second kappa shape index (κ2) is 9.08. The van der Waals surface area contributed by atoms with Gasteiger partial charge in [0.25, 0.3) is 0 Å². The standard InChI is InChI=1S/C18H21F2NO3/c1-3-23-17-10-13(8-9-16(17)24-18(19)20)11-21-15-7-5-4-6-14(15)12-22-2/h4-10,18,21H,3,11-12H2,1-2H3. The molecule has 0 saturated heterocycles. The van der Waals surface area contributed by atoms with Crippen LogP contribution in [0.3, 0.4) is 0 Å². The van der Waals surface area contributed by atoms with Crippen molar-refractivity contribution in [3.8, 4) is 11.5 Å². The van der Waals surface area contributed by atoms with Crippen LogP contribution in [0.2, 0.25) is 0 Å². The van der Waals surface area contributed by atoms with E-state index in [0.29, 0.717) is 25.5 Å². The number of hydrogen-bond acceptors (Lipinski definition) is 4. The summed E-state index contributed by atoms with van der Waals surface area (Å²) in [5, 5.41) is 3.32. The predicted molar refractivity (Wildman–Crippen MR) is 88.7 cm³/mol. The van der Waals surface area contributed by atoms with E-state index in [0.717, 1.165) is 16.8 Å². The Morgan fingerprint density at radius 3 is 2.58 bits per heavy atom. The molecule has 0 unspecified atom stereocenters. The minimum atomic E-state index is -2.88.